The molecule has 0 unspecified atom stereocenters. The first kappa shape index (κ1) is 15.2. The molecule has 0 aromatic heterocycles. The molecule has 0 saturated heterocycles. The maximum absolute atomic E-state index is 4.73. The molecule has 4 heteroatoms. The van der Waals surface area contributed by atoms with E-state index >= 15 is 0 Å². The molecule has 0 radical (unpaired) electrons. The van der Waals surface area contributed by atoms with E-state index in [4.69, 9.17) is 37.9 Å². The number of rotatable bonds is 5. The quantitative estimate of drug-likeness (QED) is 0.555. The average molecular weight is 329 g/mol. The predicted octanol–water partition coefficient (Wildman–Crippen LogP) is 4.84. The lowest BCUT2D eigenvalue weighted by Gasteiger charge is -2.59. The van der Waals surface area contributed by atoms with Gasteiger partial charge in [0, 0.05) is 15.3 Å². The van der Waals surface area contributed by atoms with Crippen molar-refractivity contribution in [1.82, 2.24) is 0 Å². The topological polar surface area (TPSA) is 0 Å². The SMILES string of the molecule is SC[SH](CS)(CS)(c1ccccc1)c1ccccc1. The van der Waals surface area contributed by atoms with Crippen LogP contribution in [0.2, 0.25) is 0 Å². The molecule has 0 nitrogen and oxygen atoms in total. The minimum Gasteiger partial charge on any atom is -0.218 e. The van der Waals surface area contributed by atoms with Crippen LogP contribution in [0.4, 0.5) is 0 Å². The Morgan fingerprint density at radius 2 is 0.895 bits per heavy atom. The zero-order valence-electron chi connectivity index (χ0n) is 10.7. The second kappa shape index (κ2) is 6.08. The summed E-state index contributed by atoms with van der Waals surface area (Å²) in [5.41, 5.74) is 0. The van der Waals surface area contributed by atoms with Gasteiger partial charge < -0.3 is 0 Å². The smallest absolute Gasteiger partial charge is 0.0155 e. The summed E-state index contributed by atoms with van der Waals surface area (Å²) in [6, 6.07) is 21.3. The van der Waals surface area contributed by atoms with Crippen molar-refractivity contribution < 1.29 is 0 Å². The van der Waals surface area contributed by atoms with Crippen molar-refractivity contribution in [3.05, 3.63) is 60.7 Å². The Hall–Kier alpha value is -0.160. The Labute approximate surface area is 132 Å². The summed E-state index contributed by atoms with van der Waals surface area (Å²) in [4.78, 5) is 2.69. The minimum atomic E-state index is -2.42. The Kier molecular flexibility index (Phi) is 4.88. The van der Waals surface area contributed by atoms with Gasteiger partial charge >= 0.3 is 0 Å². The van der Waals surface area contributed by atoms with Gasteiger partial charge in [-0.15, -0.1) is 0 Å². The minimum absolute atomic E-state index is 0.798. The second-order valence-electron chi connectivity index (χ2n) is 4.83. The molecule has 0 saturated carbocycles. The molecule has 0 aliphatic rings. The molecule has 104 valence electrons. The molecule has 0 N–H and O–H groups in total. The first-order valence-corrected chi connectivity index (χ1v) is 10.9. The summed E-state index contributed by atoms with van der Waals surface area (Å²) < 4.78 is 0. The maximum atomic E-state index is 4.73. The zero-order chi connectivity index (χ0) is 13.8. The van der Waals surface area contributed by atoms with Crippen LogP contribution in [-0.4, -0.2) is 15.3 Å². The van der Waals surface area contributed by atoms with Gasteiger partial charge in [0.25, 0.3) is 0 Å². The highest BCUT2D eigenvalue weighted by Gasteiger charge is 2.41. The number of hydrogen-bond acceptors (Lipinski definition) is 3. The molecule has 2 aromatic carbocycles. The molecule has 2 rings (SSSR count). The molecule has 0 amide bonds. The van der Waals surface area contributed by atoms with Crippen LogP contribution in [-0.2, 0) is 0 Å². The standard InChI is InChI=1S/C15H20S4/c16-11-19(12-17,13-18,14-7-3-1-4-8-14)15-9-5-2-6-10-15/h1-10,16-19H,11-13H2. The normalized spacial score (nSPS) is 13.7. The first-order valence-electron chi connectivity index (χ1n) is 6.17. The van der Waals surface area contributed by atoms with Crippen molar-refractivity contribution in [3.63, 3.8) is 0 Å². The predicted molar refractivity (Wildman–Crippen MR) is 100.0 cm³/mol. The van der Waals surface area contributed by atoms with Crippen molar-refractivity contribution in [3.8, 4) is 0 Å². The van der Waals surface area contributed by atoms with E-state index in [0.717, 1.165) is 15.3 Å². The Morgan fingerprint density at radius 1 is 0.579 bits per heavy atom. The zero-order valence-corrected chi connectivity index (χ0v) is 14.3. The van der Waals surface area contributed by atoms with Gasteiger partial charge in [-0.3, -0.25) is 0 Å². The van der Waals surface area contributed by atoms with Gasteiger partial charge in [-0.2, -0.15) is 37.9 Å². The fourth-order valence-electron chi connectivity index (χ4n) is 2.41. The summed E-state index contributed by atoms with van der Waals surface area (Å²) in [6.45, 7) is 0. The molecule has 0 atom stereocenters. The van der Waals surface area contributed by atoms with Gasteiger partial charge in [0.1, 0.15) is 0 Å². The van der Waals surface area contributed by atoms with Gasteiger partial charge in [0.15, 0.2) is 0 Å². The van der Waals surface area contributed by atoms with E-state index in [0.29, 0.717) is 0 Å². The van der Waals surface area contributed by atoms with Crippen molar-refractivity contribution >= 4 is 47.0 Å². The summed E-state index contributed by atoms with van der Waals surface area (Å²) in [7, 11) is -2.42. The largest absolute Gasteiger partial charge is 0.218 e. The van der Waals surface area contributed by atoms with E-state index in [1.807, 2.05) is 0 Å². The van der Waals surface area contributed by atoms with Crippen LogP contribution in [0.25, 0.3) is 0 Å². The lowest BCUT2D eigenvalue weighted by atomic mass is 10.4. The van der Waals surface area contributed by atoms with Crippen molar-refractivity contribution in [2.75, 3.05) is 15.3 Å². The summed E-state index contributed by atoms with van der Waals surface area (Å²) >= 11 is 14.2. The van der Waals surface area contributed by atoms with E-state index in [2.05, 4.69) is 60.7 Å². The van der Waals surface area contributed by atoms with E-state index < -0.39 is 9.16 Å². The highest BCUT2D eigenvalue weighted by molar-refractivity contribution is 8.57. The first-order chi connectivity index (χ1) is 9.22. The van der Waals surface area contributed by atoms with E-state index in [9.17, 15) is 0 Å². The van der Waals surface area contributed by atoms with Crippen LogP contribution in [0.1, 0.15) is 0 Å². The third-order valence-corrected chi connectivity index (χ3v) is 15.4. The highest BCUT2D eigenvalue weighted by Crippen LogP contribution is 2.81. The van der Waals surface area contributed by atoms with Crippen LogP contribution in [0, 0.1) is 0 Å². The molecule has 0 aliphatic carbocycles. The van der Waals surface area contributed by atoms with Crippen LogP contribution >= 0.6 is 47.0 Å². The summed E-state index contributed by atoms with van der Waals surface area (Å²) in [6.07, 6.45) is 0. The Balaban J connectivity index is 2.77. The molecule has 0 bridgehead atoms. The molecule has 0 fully saturated rings. The van der Waals surface area contributed by atoms with E-state index in [1.54, 1.807) is 0 Å². The molecule has 0 heterocycles. The van der Waals surface area contributed by atoms with Crippen molar-refractivity contribution in [1.29, 1.82) is 0 Å². The van der Waals surface area contributed by atoms with Crippen LogP contribution in [0.15, 0.2) is 70.5 Å². The maximum Gasteiger partial charge on any atom is 0.0155 e. The van der Waals surface area contributed by atoms with Crippen LogP contribution in [0.5, 0.6) is 0 Å². The lowest BCUT2D eigenvalue weighted by Crippen LogP contribution is -2.24. The van der Waals surface area contributed by atoms with Gasteiger partial charge in [0.05, 0.1) is 0 Å². The highest BCUT2D eigenvalue weighted by atomic mass is 32.3. The van der Waals surface area contributed by atoms with Gasteiger partial charge in [-0.05, 0) is 9.79 Å². The molecule has 0 spiro atoms. The van der Waals surface area contributed by atoms with Crippen molar-refractivity contribution in [2.45, 2.75) is 9.79 Å². The van der Waals surface area contributed by atoms with Crippen molar-refractivity contribution in [2.24, 2.45) is 0 Å². The Bertz CT molecular complexity index is 466. The third kappa shape index (κ3) is 2.33. The van der Waals surface area contributed by atoms with E-state index in [1.165, 1.54) is 9.79 Å². The number of benzene rings is 2. The molecule has 2 aromatic rings. The average Bonchev–Trinajstić information content (AvgIpc) is 2.53. The summed E-state index contributed by atoms with van der Waals surface area (Å²) in [5, 5.41) is 2.39. The molecular formula is C15H20S4. The molecule has 0 aliphatic heterocycles. The monoisotopic (exact) mass is 328 g/mol. The van der Waals surface area contributed by atoms with E-state index in [-0.39, 0.29) is 0 Å². The van der Waals surface area contributed by atoms with Gasteiger partial charge in [-0.1, -0.05) is 60.7 Å². The van der Waals surface area contributed by atoms with Crippen LogP contribution in [0.3, 0.4) is 0 Å². The molecule has 19 heavy (non-hydrogen) atoms. The third-order valence-electron chi connectivity index (χ3n) is 3.89. The van der Waals surface area contributed by atoms with Gasteiger partial charge in [-0.25, -0.2) is 9.16 Å². The number of hydrogen-bond donors (Lipinski definition) is 4. The second-order valence-corrected chi connectivity index (χ2v) is 12.7. The fourth-order valence-corrected chi connectivity index (χ4v) is 12.0. The molecular weight excluding hydrogens is 308 g/mol. The number of thiol groups is 4. The Morgan fingerprint density at radius 3 is 1.16 bits per heavy atom. The van der Waals surface area contributed by atoms with Crippen LogP contribution < -0.4 is 0 Å². The summed E-state index contributed by atoms with van der Waals surface area (Å²) in [5.74, 6) is 0. The fraction of sp³-hybridized carbons (Fsp3) is 0.200. The van der Waals surface area contributed by atoms with Gasteiger partial charge in [0.2, 0.25) is 0 Å². The lowest BCUT2D eigenvalue weighted by molar-refractivity contribution is 1.31.